The maximum atomic E-state index is 4.67. The van der Waals surface area contributed by atoms with Gasteiger partial charge in [0.2, 0.25) is 0 Å². The summed E-state index contributed by atoms with van der Waals surface area (Å²) in [6, 6.07) is 0. The number of rotatable bonds is 3. The Labute approximate surface area is 80.1 Å². The maximum Gasteiger partial charge on any atom is 0.331 e. The highest BCUT2D eigenvalue weighted by Crippen LogP contribution is 2.35. The van der Waals surface area contributed by atoms with Crippen LogP contribution in [0.1, 0.15) is 0 Å². The molecule has 0 fully saturated rings. The zero-order chi connectivity index (χ0) is 7.70. The van der Waals surface area contributed by atoms with Crippen molar-refractivity contribution in [3.8, 4) is 0 Å². The quantitative estimate of drug-likeness (QED) is 0.559. The van der Waals surface area contributed by atoms with Gasteiger partial charge in [-0.2, -0.15) is 0 Å². The summed E-state index contributed by atoms with van der Waals surface area (Å²) >= 11 is 4.24. The van der Waals surface area contributed by atoms with Crippen LogP contribution in [0.3, 0.4) is 0 Å². The summed E-state index contributed by atoms with van der Waals surface area (Å²) < 4.78 is 14.0. The highest BCUT2D eigenvalue weighted by molar-refractivity contribution is 15.0. The van der Waals surface area contributed by atoms with Crippen LogP contribution in [0.15, 0.2) is 0 Å². The Kier molecular flexibility index (Phi) is 18.5. The minimum Gasteiger partial charge on any atom is -0.316 e. The van der Waals surface area contributed by atoms with Crippen LogP contribution in [0.5, 0.6) is 0 Å². The van der Waals surface area contributed by atoms with Gasteiger partial charge < -0.3 is 13.6 Å². The zero-order valence-electron chi connectivity index (χ0n) is 5.43. The predicted octanol–water partition coefficient (Wildman–Crippen LogP) is 2.92. The maximum absolute atomic E-state index is 4.67. The van der Waals surface area contributed by atoms with Gasteiger partial charge in [0.25, 0.3) is 0 Å². The standard InChI is InChI=1S/C3H9O3P.I2/c1-4-7(5-2)6-3;1-2/h1-3H3;. The third-order valence-electron chi connectivity index (χ3n) is 0.447. The summed E-state index contributed by atoms with van der Waals surface area (Å²) in [7, 11) is 3.57. The molecule has 0 aliphatic rings. The Morgan fingerprint density at radius 2 is 1.11 bits per heavy atom. The summed E-state index contributed by atoms with van der Waals surface area (Å²) in [5, 5.41) is 0. The smallest absolute Gasteiger partial charge is 0.316 e. The molecule has 0 aliphatic heterocycles. The lowest BCUT2D eigenvalue weighted by Crippen LogP contribution is -1.81. The van der Waals surface area contributed by atoms with Crippen molar-refractivity contribution in [2.24, 2.45) is 0 Å². The van der Waals surface area contributed by atoms with E-state index in [1.807, 2.05) is 0 Å². The Morgan fingerprint density at radius 3 is 1.11 bits per heavy atom. The second-order valence-electron chi connectivity index (χ2n) is 0.771. The van der Waals surface area contributed by atoms with E-state index in [1.165, 1.54) is 0 Å². The van der Waals surface area contributed by atoms with E-state index in [0.29, 0.717) is 0 Å². The lowest BCUT2D eigenvalue weighted by molar-refractivity contribution is 0.239. The van der Waals surface area contributed by atoms with E-state index in [1.54, 1.807) is 21.3 Å². The highest BCUT2D eigenvalue weighted by atomic mass is 128. The molecular formula is C3H9I2O3P. The molecule has 0 saturated heterocycles. The van der Waals surface area contributed by atoms with Gasteiger partial charge >= 0.3 is 8.60 Å². The van der Waals surface area contributed by atoms with Crippen molar-refractivity contribution in [3.05, 3.63) is 0 Å². The van der Waals surface area contributed by atoms with Gasteiger partial charge in [0, 0.05) is 58.6 Å². The second-order valence-corrected chi connectivity index (χ2v) is 2.31. The summed E-state index contributed by atoms with van der Waals surface area (Å²) in [5.74, 6) is 0. The van der Waals surface area contributed by atoms with E-state index >= 15 is 0 Å². The third kappa shape index (κ3) is 9.77. The zero-order valence-corrected chi connectivity index (χ0v) is 10.6. The first-order chi connectivity index (χ1) is 4.35. The fourth-order valence-corrected chi connectivity index (χ4v) is 0.671. The van der Waals surface area contributed by atoms with Gasteiger partial charge in [0.05, 0.1) is 0 Å². The molecule has 0 heterocycles. The van der Waals surface area contributed by atoms with Crippen LogP contribution in [0.2, 0.25) is 0 Å². The fourth-order valence-electron chi connectivity index (χ4n) is 0.224. The molecule has 0 unspecified atom stereocenters. The van der Waals surface area contributed by atoms with Gasteiger partial charge in [0.15, 0.2) is 0 Å². The van der Waals surface area contributed by atoms with Crippen molar-refractivity contribution in [2.75, 3.05) is 21.3 Å². The van der Waals surface area contributed by atoms with Crippen LogP contribution in [0, 0.1) is 0 Å². The third-order valence-corrected chi connectivity index (χ3v) is 1.34. The largest absolute Gasteiger partial charge is 0.331 e. The lowest BCUT2D eigenvalue weighted by Gasteiger charge is -2.05. The Morgan fingerprint density at radius 1 is 0.889 bits per heavy atom. The van der Waals surface area contributed by atoms with Gasteiger partial charge in [-0.3, -0.25) is 0 Å². The lowest BCUT2D eigenvalue weighted by atomic mass is 11.8. The number of halogens is 2. The average Bonchev–Trinajstić information content (AvgIpc) is 1.96. The first kappa shape index (κ1) is 13.4. The molecule has 0 aliphatic carbocycles. The Bertz CT molecular complexity index is 38.5. The van der Waals surface area contributed by atoms with Crippen molar-refractivity contribution in [2.45, 2.75) is 0 Å². The molecule has 0 radical (unpaired) electrons. The molecule has 58 valence electrons. The first-order valence-corrected chi connectivity index (χ1v) is 9.30. The van der Waals surface area contributed by atoms with E-state index < -0.39 is 8.60 Å². The summed E-state index contributed by atoms with van der Waals surface area (Å²) in [4.78, 5) is 0. The van der Waals surface area contributed by atoms with E-state index in [9.17, 15) is 0 Å². The number of hydrogen-bond acceptors (Lipinski definition) is 3. The van der Waals surface area contributed by atoms with Crippen LogP contribution < -0.4 is 0 Å². The van der Waals surface area contributed by atoms with Crippen LogP contribution in [0.4, 0.5) is 0 Å². The predicted molar refractivity (Wildman–Crippen MR) is 56.0 cm³/mol. The van der Waals surface area contributed by atoms with Crippen LogP contribution in [-0.2, 0) is 13.6 Å². The van der Waals surface area contributed by atoms with E-state index in [4.69, 9.17) is 0 Å². The van der Waals surface area contributed by atoms with Crippen LogP contribution in [-0.4, -0.2) is 21.3 Å². The fraction of sp³-hybridized carbons (Fsp3) is 1.00. The SMILES string of the molecule is COP(OC)OC.II. The molecule has 0 aromatic carbocycles. The summed E-state index contributed by atoms with van der Waals surface area (Å²) in [5.41, 5.74) is 0. The molecule has 6 heteroatoms. The van der Waals surface area contributed by atoms with E-state index in [2.05, 4.69) is 50.8 Å². The van der Waals surface area contributed by atoms with Crippen molar-refractivity contribution >= 4 is 45.8 Å². The Hall–Kier alpha value is 1.77. The molecule has 0 aromatic rings. The molecule has 0 rings (SSSR count). The van der Waals surface area contributed by atoms with Gasteiger partial charge in [-0.05, 0) is 0 Å². The molecule has 0 saturated carbocycles. The van der Waals surface area contributed by atoms with Crippen molar-refractivity contribution in [3.63, 3.8) is 0 Å². The average molecular weight is 378 g/mol. The minimum atomic E-state index is -1.05. The summed E-state index contributed by atoms with van der Waals surface area (Å²) in [6.45, 7) is 0. The second kappa shape index (κ2) is 12.4. The van der Waals surface area contributed by atoms with E-state index in [0.717, 1.165) is 0 Å². The van der Waals surface area contributed by atoms with Gasteiger partial charge in [0.1, 0.15) is 0 Å². The molecule has 3 nitrogen and oxygen atoms in total. The highest BCUT2D eigenvalue weighted by Gasteiger charge is 2.00. The minimum absolute atomic E-state index is 1.05. The summed E-state index contributed by atoms with van der Waals surface area (Å²) in [6.07, 6.45) is 0. The normalized spacial score (nSPS) is 8.67. The van der Waals surface area contributed by atoms with Gasteiger partial charge in [-0.1, -0.05) is 0 Å². The van der Waals surface area contributed by atoms with Crippen molar-refractivity contribution in [1.29, 1.82) is 0 Å². The van der Waals surface area contributed by atoms with Gasteiger partial charge in [-0.25, -0.2) is 0 Å². The molecule has 9 heavy (non-hydrogen) atoms. The topological polar surface area (TPSA) is 27.7 Å². The molecule has 0 N–H and O–H groups in total. The molecule has 0 bridgehead atoms. The molecule has 0 spiro atoms. The molecule has 0 aromatic heterocycles. The van der Waals surface area contributed by atoms with Crippen LogP contribution >= 0.6 is 45.8 Å². The Balaban J connectivity index is 0. The van der Waals surface area contributed by atoms with Crippen molar-refractivity contribution < 1.29 is 13.6 Å². The molecular weight excluding hydrogens is 369 g/mol. The number of hydrogen-bond donors (Lipinski definition) is 0. The van der Waals surface area contributed by atoms with Gasteiger partial charge in [-0.15, -0.1) is 0 Å². The van der Waals surface area contributed by atoms with Crippen LogP contribution in [0.25, 0.3) is 0 Å². The molecule has 0 amide bonds. The molecule has 0 atom stereocenters. The first-order valence-electron chi connectivity index (χ1n) is 1.92. The monoisotopic (exact) mass is 378 g/mol. The van der Waals surface area contributed by atoms with E-state index in [-0.39, 0.29) is 0 Å². The van der Waals surface area contributed by atoms with Crippen molar-refractivity contribution in [1.82, 2.24) is 0 Å².